The predicted molar refractivity (Wildman–Crippen MR) is 133 cm³/mol. The van der Waals surface area contributed by atoms with Crippen LogP contribution in [0.15, 0.2) is 24.3 Å². The van der Waals surface area contributed by atoms with Crippen molar-refractivity contribution < 1.29 is 19.1 Å². The Balaban J connectivity index is 1.44. The zero-order chi connectivity index (χ0) is 24.4. The maximum atomic E-state index is 13.4. The summed E-state index contributed by atoms with van der Waals surface area (Å²) in [7, 11) is 3.26. The van der Waals surface area contributed by atoms with Gasteiger partial charge in [-0.3, -0.25) is 14.3 Å². The first kappa shape index (κ1) is 23.7. The van der Waals surface area contributed by atoms with E-state index < -0.39 is 6.04 Å². The van der Waals surface area contributed by atoms with Crippen molar-refractivity contribution in [3.05, 3.63) is 30.0 Å². The van der Waals surface area contributed by atoms with Gasteiger partial charge in [0.15, 0.2) is 5.69 Å². The average Bonchev–Trinajstić information content (AvgIpc) is 3.31. The zero-order valence-corrected chi connectivity index (χ0v) is 20.7. The van der Waals surface area contributed by atoms with Gasteiger partial charge in [-0.25, -0.2) is 0 Å². The molecule has 1 aromatic heterocycles. The second-order valence-electron chi connectivity index (χ2n) is 10.2. The Labute approximate surface area is 206 Å². The second kappa shape index (κ2) is 10.3. The first-order valence-electron chi connectivity index (χ1n) is 13.0. The van der Waals surface area contributed by atoms with Crippen molar-refractivity contribution in [2.75, 3.05) is 14.2 Å². The molecule has 0 spiro atoms. The summed E-state index contributed by atoms with van der Waals surface area (Å²) in [5.74, 6) is 1.46. The Hall–Kier alpha value is -3.03. The van der Waals surface area contributed by atoms with Gasteiger partial charge >= 0.3 is 0 Å². The van der Waals surface area contributed by atoms with Gasteiger partial charge in [0.05, 0.1) is 31.5 Å². The molecule has 2 N–H and O–H groups in total. The molecule has 0 aliphatic heterocycles. The van der Waals surface area contributed by atoms with Gasteiger partial charge in [-0.05, 0) is 62.6 Å². The lowest BCUT2D eigenvalue weighted by atomic mass is 9.92. The van der Waals surface area contributed by atoms with E-state index in [0.29, 0.717) is 29.5 Å². The van der Waals surface area contributed by atoms with Gasteiger partial charge in [0.1, 0.15) is 17.5 Å². The van der Waals surface area contributed by atoms with Gasteiger partial charge in [0.25, 0.3) is 5.91 Å². The summed E-state index contributed by atoms with van der Waals surface area (Å²) in [6.07, 6.45) is 10.4. The van der Waals surface area contributed by atoms with Gasteiger partial charge in [0.2, 0.25) is 5.91 Å². The van der Waals surface area contributed by atoms with Crippen molar-refractivity contribution >= 4 is 11.8 Å². The van der Waals surface area contributed by atoms with Crippen molar-refractivity contribution in [2.24, 2.45) is 5.92 Å². The Kier molecular flexibility index (Phi) is 6.97. The number of methoxy groups -OCH3 is 2. The quantitative estimate of drug-likeness (QED) is 0.530. The Bertz CT molecular complexity index is 1040. The normalized spacial score (nSPS) is 19.1. The number of hydrogen-bond acceptors (Lipinski definition) is 5. The van der Waals surface area contributed by atoms with Crippen LogP contribution in [0.5, 0.6) is 11.5 Å². The molecule has 1 aromatic carbocycles. The molecule has 3 fully saturated rings. The fraction of sp³-hybridized carbons (Fsp3) is 0.593. The van der Waals surface area contributed by atoms with E-state index in [2.05, 4.69) is 10.6 Å². The molecule has 188 valence electrons. The fourth-order valence-corrected chi connectivity index (χ4v) is 5.23. The molecular formula is C27H36N4O4. The van der Waals surface area contributed by atoms with Crippen LogP contribution in [0.1, 0.15) is 80.7 Å². The Morgan fingerprint density at radius 2 is 1.71 bits per heavy atom. The van der Waals surface area contributed by atoms with Crippen molar-refractivity contribution in [1.29, 1.82) is 0 Å². The first-order valence-corrected chi connectivity index (χ1v) is 13.0. The summed E-state index contributed by atoms with van der Waals surface area (Å²) >= 11 is 0. The van der Waals surface area contributed by atoms with Crippen molar-refractivity contribution in [3.8, 4) is 22.8 Å². The average molecular weight is 481 g/mol. The molecule has 5 rings (SSSR count). The van der Waals surface area contributed by atoms with E-state index in [4.69, 9.17) is 14.6 Å². The van der Waals surface area contributed by atoms with E-state index in [1.54, 1.807) is 14.2 Å². The highest BCUT2D eigenvalue weighted by Crippen LogP contribution is 2.42. The van der Waals surface area contributed by atoms with Crippen LogP contribution in [-0.2, 0) is 4.79 Å². The molecule has 2 amide bonds. The van der Waals surface area contributed by atoms with Gasteiger partial charge in [-0.15, -0.1) is 0 Å². The van der Waals surface area contributed by atoms with E-state index >= 15 is 0 Å². The maximum Gasteiger partial charge on any atom is 0.272 e. The minimum Gasteiger partial charge on any atom is -0.496 e. The van der Waals surface area contributed by atoms with Crippen LogP contribution in [0.3, 0.4) is 0 Å². The summed E-state index contributed by atoms with van der Waals surface area (Å²) in [6, 6.07) is 7.40. The zero-order valence-electron chi connectivity index (χ0n) is 20.7. The topological polar surface area (TPSA) is 94.5 Å². The molecule has 1 atom stereocenters. The number of benzene rings is 1. The largest absolute Gasteiger partial charge is 0.496 e. The van der Waals surface area contributed by atoms with E-state index in [0.717, 1.165) is 69.0 Å². The number of rotatable bonds is 10. The minimum atomic E-state index is -0.531. The molecular weight excluding hydrogens is 444 g/mol. The van der Waals surface area contributed by atoms with Crippen LogP contribution >= 0.6 is 0 Å². The lowest BCUT2D eigenvalue weighted by molar-refractivity contribution is -0.124. The third kappa shape index (κ3) is 5.16. The summed E-state index contributed by atoms with van der Waals surface area (Å²) in [4.78, 5) is 26.4. The molecule has 35 heavy (non-hydrogen) atoms. The molecule has 1 heterocycles. The Morgan fingerprint density at radius 3 is 2.29 bits per heavy atom. The number of amides is 2. The molecule has 0 saturated heterocycles. The van der Waals surface area contributed by atoms with Gasteiger partial charge in [-0.1, -0.05) is 31.7 Å². The second-order valence-corrected chi connectivity index (χ2v) is 10.2. The Morgan fingerprint density at radius 1 is 1.03 bits per heavy atom. The molecule has 8 nitrogen and oxygen atoms in total. The number of nitrogens with one attached hydrogen (secondary N) is 2. The van der Waals surface area contributed by atoms with Gasteiger partial charge < -0.3 is 20.1 Å². The predicted octanol–water partition coefficient (Wildman–Crippen LogP) is 4.25. The van der Waals surface area contributed by atoms with Gasteiger partial charge in [-0.2, -0.15) is 5.10 Å². The molecule has 2 aromatic rings. The van der Waals surface area contributed by atoms with E-state index in [1.165, 1.54) is 0 Å². The lowest BCUT2D eigenvalue weighted by Crippen LogP contribution is -2.51. The standard InChI is InChI=1S/C27H36N4O4/c1-34-23-11-6-12-24(35-2)25(23)22-16-21(30-31(22)19-9-3-4-10-19)27(33)29-20(15-17-13-14-17)26(32)28-18-7-5-8-18/h6,11-12,16-20H,3-5,7-10,13-15H2,1-2H3,(H,28,32)(H,29,33)/t20-/m0/s1. The van der Waals surface area contributed by atoms with Crippen LogP contribution in [0, 0.1) is 5.92 Å². The molecule has 0 bridgehead atoms. The maximum absolute atomic E-state index is 13.4. The summed E-state index contributed by atoms with van der Waals surface area (Å²) < 4.78 is 13.3. The van der Waals surface area contributed by atoms with Crippen molar-refractivity contribution in [1.82, 2.24) is 20.4 Å². The van der Waals surface area contributed by atoms with Crippen LogP contribution in [0.4, 0.5) is 0 Å². The highest BCUT2D eigenvalue weighted by atomic mass is 16.5. The third-order valence-corrected chi connectivity index (χ3v) is 7.66. The molecule has 0 unspecified atom stereocenters. The molecule has 8 heteroatoms. The number of carbonyl (C=O) groups is 2. The fourth-order valence-electron chi connectivity index (χ4n) is 5.23. The highest BCUT2D eigenvalue weighted by Gasteiger charge is 2.33. The van der Waals surface area contributed by atoms with E-state index in [-0.39, 0.29) is 23.9 Å². The van der Waals surface area contributed by atoms with Crippen molar-refractivity contribution in [2.45, 2.75) is 82.3 Å². The number of aromatic nitrogens is 2. The lowest BCUT2D eigenvalue weighted by Gasteiger charge is -2.28. The molecule has 0 radical (unpaired) electrons. The summed E-state index contributed by atoms with van der Waals surface area (Å²) in [5, 5.41) is 10.9. The molecule has 3 aliphatic rings. The van der Waals surface area contributed by atoms with Crippen LogP contribution in [0.2, 0.25) is 0 Å². The number of carbonyl (C=O) groups excluding carboxylic acids is 2. The van der Waals surface area contributed by atoms with E-state index in [1.807, 2.05) is 28.9 Å². The summed E-state index contributed by atoms with van der Waals surface area (Å²) in [5.41, 5.74) is 1.90. The number of hydrogen-bond donors (Lipinski definition) is 2. The van der Waals surface area contributed by atoms with Crippen LogP contribution in [0.25, 0.3) is 11.3 Å². The van der Waals surface area contributed by atoms with Crippen molar-refractivity contribution in [3.63, 3.8) is 0 Å². The third-order valence-electron chi connectivity index (χ3n) is 7.66. The first-order chi connectivity index (χ1) is 17.1. The number of ether oxygens (including phenoxy) is 2. The smallest absolute Gasteiger partial charge is 0.272 e. The van der Waals surface area contributed by atoms with Crippen LogP contribution in [-0.4, -0.2) is 47.9 Å². The van der Waals surface area contributed by atoms with Crippen LogP contribution < -0.4 is 20.1 Å². The summed E-state index contributed by atoms with van der Waals surface area (Å²) in [6.45, 7) is 0. The molecule has 3 aliphatic carbocycles. The minimum absolute atomic E-state index is 0.0724. The SMILES string of the molecule is COc1cccc(OC)c1-c1cc(C(=O)N[C@@H](CC2CC2)C(=O)NC2CCC2)nn1C1CCCC1. The number of nitrogens with zero attached hydrogens (tertiary/aromatic N) is 2. The highest BCUT2D eigenvalue weighted by molar-refractivity contribution is 5.97. The monoisotopic (exact) mass is 480 g/mol. The molecule has 3 saturated carbocycles. The van der Waals surface area contributed by atoms with Gasteiger partial charge in [0, 0.05) is 6.04 Å². The van der Waals surface area contributed by atoms with E-state index in [9.17, 15) is 9.59 Å².